The van der Waals surface area contributed by atoms with Crippen molar-refractivity contribution in [3.63, 3.8) is 0 Å². The molecule has 2 atom stereocenters. The van der Waals surface area contributed by atoms with Gasteiger partial charge in [-0.25, -0.2) is 0 Å². The molecule has 0 amide bonds. The fourth-order valence-corrected chi connectivity index (χ4v) is 3.95. The van der Waals surface area contributed by atoms with Gasteiger partial charge in [-0.1, -0.05) is 25.5 Å². The lowest BCUT2D eigenvalue weighted by Gasteiger charge is -2.32. The Bertz CT molecular complexity index is 714. The Morgan fingerprint density at radius 2 is 1.89 bits per heavy atom. The summed E-state index contributed by atoms with van der Waals surface area (Å²) in [6.45, 7) is 6.16. The second kappa shape index (κ2) is 9.54. The third kappa shape index (κ3) is 5.80. The van der Waals surface area contributed by atoms with Crippen LogP contribution in [0.4, 0.5) is 0 Å². The molecule has 0 spiro atoms. The molecule has 0 radical (unpaired) electrons. The van der Waals surface area contributed by atoms with Crippen molar-refractivity contribution in [2.45, 2.75) is 85.1 Å². The molecule has 0 saturated heterocycles. The number of nitrogens with zero attached hydrogens (tertiary/aromatic N) is 3. The Labute approximate surface area is 167 Å². The zero-order valence-electron chi connectivity index (χ0n) is 17.5. The fraction of sp³-hybridized carbons (Fsp3) is 0.762. The maximum absolute atomic E-state index is 13.1. The van der Waals surface area contributed by atoms with Crippen molar-refractivity contribution in [3.05, 3.63) is 11.9 Å². The second-order valence-corrected chi connectivity index (χ2v) is 8.80. The molecule has 0 saturated carbocycles. The standard InChI is InChI=1S/C21H34N4O3/c1-16(26)6-10-20(2)9-4-5-13-25-15-17(23-24-25)7-11-21(3,19(28)14-22)12-8-18(20)27/h15H,4-14,22H2,1-3H3/t20-,21-/m1/s1. The largest absolute Gasteiger partial charge is 0.324 e. The van der Waals surface area contributed by atoms with Crippen molar-refractivity contribution in [1.29, 1.82) is 0 Å². The van der Waals surface area contributed by atoms with Gasteiger partial charge in [-0.3, -0.25) is 14.3 Å². The van der Waals surface area contributed by atoms with Crippen molar-refractivity contribution in [1.82, 2.24) is 15.0 Å². The summed E-state index contributed by atoms with van der Waals surface area (Å²) in [4.78, 5) is 37.2. The van der Waals surface area contributed by atoms with Crippen LogP contribution >= 0.6 is 0 Å². The highest BCUT2D eigenvalue weighted by molar-refractivity contribution is 5.88. The molecule has 1 aromatic rings. The van der Waals surface area contributed by atoms with E-state index in [0.29, 0.717) is 38.5 Å². The molecule has 0 unspecified atom stereocenters. The molecule has 2 bridgehead atoms. The van der Waals surface area contributed by atoms with Crippen LogP contribution in [0.3, 0.4) is 0 Å². The number of fused-ring (bicyclic) bond motifs is 2. The van der Waals surface area contributed by atoms with E-state index < -0.39 is 10.8 Å². The van der Waals surface area contributed by atoms with Crippen molar-refractivity contribution in [2.75, 3.05) is 6.54 Å². The van der Waals surface area contributed by atoms with Gasteiger partial charge in [-0.15, -0.1) is 5.10 Å². The van der Waals surface area contributed by atoms with Crippen LogP contribution in [0.1, 0.15) is 77.8 Å². The molecule has 1 aliphatic heterocycles. The van der Waals surface area contributed by atoms with Gasteiger partial charge in [0.05, 0.1) is 12.2 Å². The van der Waals surface area contributed by atoms with E-state index in [1.165, 1.54) is 0 Å². The average molecular weight is 391 g/mol. The highest BCUT2D eigenvalue weighted by Crippen LogP contribution is 2.37. The maximum Gasteiger partial charge on any atom is 0.152 e. The summed E-state index contributed by atoms with van der Waals surface area (Å²) in [6, 6.07) is 0. The van der Waals surface area contributed by atoms with Gasteiger partial charge < -0.3 is 10.5 Å². The normalized spacial score (nSPS) is 27.2. The minimum atomic E-state index is -0.653. The number of hydrogen-bond donors (Lipinski definition) is 1. The van der Waals surface area contributed by atoms with Gasteiger partial charge in [-0.2, -0.15) is 0 Å². The summed E-state index contributed by atoms with van der Waals surface area (Å²) in [5.41, 5.74) is 5.34. The first-order chi connectivity index (χ1) is 13.2. The number of carbonyl (C=O) groups is 3. The molecule has 7 nitrogen and oxygen atoms in total. The molecule has 1 aliphatic rings. The summed E-state index contributed by atoms with van der Waals surface area (Å²) in [6.07, 6.45) is 7.50. The van der Waals surface area contributed by atoms with E-state index in [4.69, 9.17) is 5.73 Å². The van der Waals surface area contributed by atoms with Gasteiger partial charge >= 0.3 is 0 Å². The van der Waals surface area contributed by atoms with Crippen molar-refractivity contribution in [3.8, 4) is 0 Å². The monoisotopic (exact) mass is 390 g/mol. The van der Waals surface area contributed by atoms with Crippen molar-refractivity contribution < 1.29 is 14.4 Å². The Hall–Kier alpha value is -1.89. The van der Waals surface area contributed by atoms with Crippen LogP contribution in [0, 0.1) is 10.8 Å². The first kappa shape index (κ1) is 22.4. The first-order valence-electron chi connectivity index (χ1n) is 10.3. The highest BCUT2D eigenvalue weighted by Gasteiger charge is 2.37. The number of aryl methyl sites for hydroxylation is 2. The Kier molecular flexibility index (Phi) is 7.63. The van der Waals surface area contributed by atoms with Crippen LogP contribution in [0.5, 0.6) is 0 Å². The quantitative estimate of drug-likeness (QED) is 0.828. The molecule has 156 valence electrons. The average Bonchev–Trinajstić information content (AvgIpc) is 3.12. The summed E-state index contributed by atoms with van der Waals surface area (Å²) in [5, 5.41) is 8.39. The third-order valence-corrected chi connectivity index (χ3v) is 6.35. The first-order valence-corrected chi connectivity index (χ1v) is 10.3. The molecule has 7 heteroatoms. The lowest BCUT2D eigenvalue weighted by Crippen LogP contribution is -2.36. The Morgan fingerprint density at radius 1 is 1.18 bits per heavy atom. The van der Waals surface area contributed by atoms with E-state index in [0.717, 1.165) is 31.5 Å². The summed E-state index contributed by atoms with van der Waals surface area (Å²) in [7, 11) is 0. The number of nitrogens with two attached hydrogens (primary N) is 1. The van der Waals surface area contributed by atoms with E-state index >= 15 is 0 Å². The molecule has 2 rings (SSSR count). The lowest BCUT2D eigenvalue weighted by atomic mass is 9.71. The second-order valence-electron chi connectivity index (χ2n) is 8.80. The molecule has 2 heterocycles. The number of Topliss-reactive ketones (excluding diaryl/α,β-unsaturated/α-hetero) is 3. The summed E-state index contributed by atoms with van der Waals surface area (Å²) < 4.78 is 1.83. The third-order valence-electron chi connectivity index (χ3n) is 6.35. The summed E-state index contributed by atoms with van der Waals surface area (Å²) >= 11 is 0. The maximum atomic E-state index is 13.1. The topological polar surface area (TPSA) is 108 Å². The van der Waals surface area contributed by atoms with E-state index in [-0.39, 0.29) is 23.9 Å². The molecular weight excluding hydrogens is 356 g/mol. The SMILES string of the molecule is CC(=O)CC[C@@]1(C)CCCCn2cc(nn2)CC[C@@](C)(C(=O)CN)CCC1=O. The highest BCUT2D eigenvalue weighted by atomic mass is 16.1. The van der Waals surface area contributed by atoms with E-state index in [1.54, 1.807) is 6.92 Å². The molecular formula is C21H34N4O3. The van der Waals surface area contributed by atoms with E-state index in [1.807, 2.05) is 24.7 Å². The molecule has 1 aromatic heterocycles. The lowest BCUT2D eigenvalue weighted by molar-refractivity contribution is -0.131. The predicted molar refractivity (Wildman–Crippen MR) is 107 cm³/mol. The zero-order chi connectivity index (χ0) is 20.8. The molecule has 28 heavy (non-hydrogen) atoms. The van der Waals surface area contributed by atoms with Crippen LogP contribution < -0.4 is 5.73 Å². The van der Waals surface area contributed by atoms with Gasteiger partial charge in [-0.05, 0) is 45.4 Å². The zero-order valence-corrected chi connectivity index (χ0v) is 17.5. The van der Waals surface area contributed by atoms with E-state index in [2.05, 4.69) is 10.3 Å². The minimum Gasteiger partial charge on any atom is -0.324 e. The number of carbonyl (C=O) groups excluding carboxylic acids is 3. The van der Waals surface area contributed by atoms with Crippen LogP contribution in [0.15, 0.2) is 6.20 Å². The van der Waals surface area contributed by atoms with Gasteiger partial charge in [0.1, 0.15) is 11.6 Å². The predicted octanol–water partition coefficient (Wildman–Crippen LogP) is 2.65. The summed E-state index contributed by atoms with van der Waals surface area (Å²) in [5.74, 6) is 0.232. The van der Waals surface area contributed by atoms with Crippen LogP contribution in [-0.4, -0.2) is 38.9 Å². The minimum absolute atomic E-state index is 0.0229. The smallest absolute Gasteiger partial charge is 0.152 e. The number of ketones is 3. The Balaban J connectivity index is 2.25. The van der Waals surface area contributed by atoms with Crippen molar-refractivity contribution >= 4 is 17.3 Å². The van der Waals surface area contributed by atoms with Gasteiger partial charge in [0.15, 0.2) is 5.78 Å². The van der Waals surface area contributed by atoms with Crippen LogP contribution in [0.25, 0.3) is 0 Å². The van der Waals surface area contributed by atoms with Crippen LogP contribution in [-0.2, 0) is 27.3 Å². The van der Waals surface area contributed by atoms with Crippen molar-refractivity contribution in [2.24, 2.45) is 16.6 Å². The molecule has 0 aromatic carbocycles. The molecule has 0 aliphatic carbocycles. The van der Waals surface area contributed by atoms with Gasteiger partial charge in [0.25, 0.3) is 0 Å². The fourth-order valence-electron chi connectivity index (χ4n) is 3.95. The van der Waals surface area contributed by atoms with Gasteiger partial charge in [0.2, 0.25) is 0 Å². The number of hydrogen-bond acceptors (Lipinski definition) is 6. The van der Waals surface area contributed by atoms with Crippen LogP contribution in [0.2, 0.25) is 0 Å². The molecule has 0 fully saturated rings. The number of rotatable bonds is 5. The Morgan fingerprint density at radius 3 is 2.57 bits per heavy atom. The number of aromatic nitrogens is 3. The molecule has 2 N–H and O–H groups in total. The van der Waals surface area contributed by atoms with Gasteiger partial charge in [0, 0.05) is 36.4 Å². The van der Waals surface area contributed by atoms with E-state index in [9.17, 15) is 14.4 Å².